The number of ether oxygens (including phenoxy) is 7. The van der Waals surface area contributed by atoms with Crippen LogP contribution in [0.15, 0.2) is 97.1 Å². The van der Waals surface area contributed by atoms with Crippen molar-refractivity contribution in [3.05, 3.63) is 119 Å². The molecule has 2 fully saturated rings. The molecule has 2 aliphatic rings. The summed E-state index contributed by atoms with van der Waals surface area (Å²) in [5, 5.41) is 0. The second-order valence-electron chi connectivity index (χ2n) is 11.0. The summed E-state index contributed by atoms with van der Waals surface area (Å²) in [6.07, 6.45) is 0.381. The average Bonchev–Trinajstić information content (AvgIpc) is 4.03. The third-order valence-corrected chi connectivity index (χ3v) is 6.98. The lowest BCUT2D eigenvalue weighted by Crippen LogP contribution is -2.21. The summed E-state index contributed by atoms with van der Waals surface area (Å²) in [7, 11) is 0. The second kappa shape index (κ2) is 15.9. The van der Waals surface area contributed by atoms with Gasteiger partial charge >= 0.3 is 0 Å². The maximum atomic E-state index is 5.99. The molecule has 0 N–H and O–H groups in total. The van der Waals surface area contributed by atoms with Gasteiger partial charge in [0.2, 0.25) is 0 Å². The van der Waals surface area contributed by atoms with Crippen molar-refractivity contribution in [2.24, 2.45) is 0 Å². The minimum atomic E-state index is -0.108. The highest BCUT2D eigenvalue weighted by Crippen LogP contribution is 2.18. The van der Waals surface area contributed by atoms with E-state index >= 15 is 0 Å². The van der Waals surface area contributed by atoms with Crippen LogP contribution >= 0.6 is 0 Å². The highest BCUT2D eigenvalue weighted by molar-refractivity contribution is 5.46. The van der Waals surface area contributed by atoms with E-state index in [4.69, 9.17) is 33.2 Å². The smallest absolute Gasteiger partial charge is 0.119 e. The Balaban J connectivity index is 0.851. The Bertz CT molecular complexity index is 1650. The number of hydrogen-bond acceptors (Lipinski definition) is 7. The van der Waals surface area contributed by atoms with Gasteiger partial charge in [-0.25, -0.2) is 0 Å². The van der Waals surface area contributed by atoms with E-state index in [0.717, 1.165) is 58.5 Å². The first-order valence-corrected chi connectivity index (χ1v) is 15.4. The van der Waals surface area contributed by atoms with Crippen LogP contribution in [0.4, 0.5) is 0 Å². The summed E-state index contributed by atoms with van der Waals surface area (Å²) >= 11 is 0. The summed E-state index contributed by atoms with van der Waals surface area (Å²) in [5.41, 5.74) is 3.68. The molecule has 0 spiro atoms. The van der Waals surface area contributed by atoms with Crippen LogP contribution in [0.2, 0.25) is 0 Å². The largest absolute Gasteiger partial charge is 0.491 e. The zero-order valence-electron chi connectivity index (χ0n) is 25.8. The molecular formula is C39H36O7. The van der Waals surface area contributed by atoms with Crippen molar-refractivity contribution in [2.75, 3.05) is 46.2 Å². The van der Waals surface area contributed by atoms with Crippen molar-refractivity contribution in [1.29, 1.82) is 0 Å². The molecule has 0 radical (unpaired) electrons. The molecule has 0 saturated carbocycles. The molecule has 0 bridgehead atoms. The Morgan fingerprint density at radius 3 is 1.30 bits per heavy atom. The van der Waals surface area contributed by atoms with E-state index in [-0.39, 0.29) is 18.3 Å². The number of hydrogen-bond donors (Lipinski definition) is 0. The van der Waals surface area contributed by atoms with Gasteiger partial charge in [0.05, 0.1) is 26.4 Å². The summed E-state index contributed by atoms with van der Waals surface area (Å²) in [6.45, 7) is 6.10. The van der Waals surface area contributed by atoms with E-state index in [1.807, 2.05) is 104 Å². The second-order valence-corrected chi connectivity index (χ2v) is 11.0. The minimum Gasteiger partial charge on any atom is -0.491 e. The van der Waals surface area contributed by atoms with Crippen LogP contribution in [0, 0.1) is 23.7 Å². The Labute approximate surface area is 270 Å². The van der Waals surface area contributed by atoms with Crippen LogP contribution in [0.5, 0.6) is 23.0 Å². The van der Waals surface area contributed by atoms with Crippen LogP contribution in [0.3, 0.4) is 0 Å². The van der Waals surface area contributed by atoms with Gasteiger partial charge in [0.15, 0.2) is 0 Å². The first-order chi connectivity index (χ1) is 22.6. The van der Waals surface area contributed by atoms with Crippen LogP contribution in [0.25, 0.3) is 0 Å². The van der Waals surface area contributed by atoms with Crippen LogP contribution in [0.1, 0.15) is 29.2 Å². The normalized spacial score (nSPS) is 16.5. The van der Waals surface area contributed by atoms with E-state index in [9.17, 15) is 0 Å². The zero-order valence-corrected chi connectivity index (χ0v) is 25.8. The van der Waals surface area contributed by atoms with E-state index < -0.39 is 0 Å². The molecule has 2 heterocycles. The maximum absolute atomic E-state index is 5.99. The molecule has 2 aliphatic heterocycles. The summed E-state index contributed by atoms with van der Waals surface area (Å²) in [4.78, 5) is 0. The molecule has 3 unspecified atom stereocenters. The van der Waals surface area contributed by atoms with Crippen molar-refractivity contribution in [2.45, 2.75) is 25.2 Å². The zero-order chi connectivity index (χ0) is 31.4. The van der Waals surface area contributed by atoms with E-state index in [2.05, 4.69) is 23.7 Å². The molecule has 234 valence electrons. The van der Waals surface area contributed by atoms with Gasteiger partial charge in [-0.2, -0.15) is 0 Å². The fourth-order valence-electron chi connectivity index (χ4n) is 4.25. The quantitative estimate of drug-likeness (QED) is 0.0992. The summed E-state index contributed by atoms with van der Waals surface area (Å²) < 4.78 is 39.2. The minimum absolute atomic E-state index is 0.108. The van der Waals surface area contributed by atoms with E-state index in [0.29, 0.717) is 33.0 Å². The van der Waals surface area contributed by atoms with Gasteiger partial charge in [0, 0.05) is 22.3 Å². The molecule has 0 aliphatic carbocycles. The third kappa shape index (κ3) is 10.6. The van der Waals surface area contributed by atoms with E-state index in [1.165, 1.54) is 0 Å². The molecule has 7 heteroatoms. The molecule has 6 rings (SSSR count). The molecule has 4 aromatic rings. The molecular weight excluding hydrogens is 580 g/mol. The van der Waals surface area contributed by atoms with Crippen LogP contribution in [-0.4, -0.2) is 64.6 Å². The van der Waals surface area contributed by atoms with Crippen molar-refractivity contribution in [3.8, 4) is 46.7 Å². The standard InChI is InChI=1S/C39H36O7/c1-29(46-37-20-12-33(13-21-37)5-4-32-10-18-36(19-11-32)43-26-39-28-45-39)24-40-22-23-41-34-14-6-30(7-15-34)2-3-31-8-16-35(17-9-31)42-25-38-27-44-38/h6-21,29,38-39H,22-28H2,1H3. The monoisotopic (exact) mass is 616 g/mol. The van der Waals surface area contributed by atoms with Crippen molar-refractivity contribution < 1.29 is 33.2 Å². The van der Waals surface area contributed by atoms with Gasteiger partial charge in [-0.1, -0.05) is 23.7 Å². The van der Waals surface area contributed by atoms with Gasteiger partial charge in [-0.05, 0) is 104 Å². The van der Waals surface area contributed by atoms with Crippen LogP contribution in [-0.2, 0) is 14.2 Å². The molecule has 46 heavy (non-hydrogen) atoms. The van der Waals surface area contributed by atoms with Crippen molar-refractivity contribution in [3.63, 3.8) is 0 Å². The predicted octanol–water partition coefficient (Wildman–Crippen LogP) is 5.90. The molecule has 2 saturated heterocycles. The Morgan fingerprint density at radius 1 is 0.543 bits per heavy atom. The summed E-state index contributed by atoms with van der Waals surface area (Å²) in [6, 6.07) is 31.0. The molecule has 3 atom stereocenters. The lowest BCUT2D eigenvalue weighted by atomic mass is 10.1. The van der Waals surface area contributed by atoms with Gasteiger partial charge in [0.1, 0.15) is 61.1 Å². The third-order valence-electron chi connectivity index (χ3n) is 6.98. The average molecular weight is 617 g/mol. The molecule has 7 nitrogen and oxygen atoms in total. The first kappa shape index (κ1) is 31.1. The number of epoxide rings is 2. The summed E-state index contributed by atoms with van der Waals surface area (Å²) in [5.74, 6) is 15.9. The van der Waals surface area contributed by atoms with Gasteiger partial charge in [0.25, 0.3) is 0 Å². The van der Waals surface area contributed by atoms with E-state index in [1.54, 1.807) is 0 Å². The van der Waals surface area contributed by atoms with Gasteiger partial charge in [-0.3, -0.25) is 0 Å². The van der Waals surface area contributed by atoms with Gasteiger partial charge in [-0.15, -0.1) is 0 Å². The topological polar surface area (TPSA) is 71.2 Å². The molecule has 4 aromatic carbocycles. The van der Waals surface area contributed by atoms with Gasteiger partial charge < -0.3 is 33.2 Å². The Morgan fingerprint density at radius 2 is 0.913 bits per heavy atom. The fourth-order valence-corrected chi connectivity index (χ4v) is 4.25. The lowest BCUT2D eigenvalue weighted by molar-refractivity contribution is 0.0432. The van der Waals surface area contributed by atoms with Crippen molar-refractivity contribution >= 4 is 0 Å². The fraction of sp³-hybridized carbons (Fsp3) is 0.282. The highest BCUT2D eigenvalue weighted by Gasteiger charge is 2.23. The highest BCUT2D eigenvalue weighted by atomic mass is 16.6. The Hall–Kier alpha value is -4.92. The van der Waals surface area contributed by atoms with Crippen LogP contribution < -0.4 is 18.9 Å². The molecule has 0 amide bonds. The first-order valence-electron chi connectivity index (χ1n) is 15.4. The Kier molecular flexibility index (Phi) is 10.7. The number of rotatable bonds is 14. The SMILES string of the molecule is CC(COCCOc1ccc(C#Cc2ccc(OCC3CO3)cc2)cc1)Oc1ccc(C#Cc2ccc(OCC3CO3)cc2)cc1. The van der Waals surface area contributed by atoms with Crippen molar-refractivity contribution in [1.82, 2.24) is 0 Å². The predicted molar refractivity (Wildman–Crippen MR) is 175 cm³/mol. The maximum Gasteiger partial charge on any atom is 0.119 e. The molecule has 0 aromatic heterocycles. The number of benzene rings is 4. The lowest BCUT2D eigenvalue weighted by Gasteiger charge is -2.15.